The van der Waals surface area contributed by atoms with Crippen molar-refractivity contribution in [3.63, 3.8) is 0 Å². The lowest BCUT2D eigenvalue weighted by Gasteiger charge is -2.15. The summed E-state index contributed by atoms with van der Waals surface area (Å²) in [6, 6.07) is 6.04. The molecule has 0 radical (unpaired) electrons. The largest absolute Gasteiger partial charge is 0.273 e. The zero-order valence-electron chi connectivity index (χ0n) is 12.5. The number of rotatable bonds is 4. The summed E-state index contributed by atoms with van der Waals surface area (Å²) in [5.41, 5.74) is 3.53. The molecule has 22 heavy (non-hydrogen) atoms. The molecule has 3 atom stereocenters. The minimum atomic E-state index is -0.446. The van der Waals surface area contributed by atoms with Gasteiger partial charge in [0.1, 0.15) is 0 Å². The summed E-state index contributed by atoms with van der Waals surface area (Å²) in [6.07, 6.45) is 6.21. The molecule has 1 aromatic carbocycles. The number of benzene rings is 1. The molecular weight excluding hydrogens is 282 g/mol. The third-order valence-electron chi connectivity index (χ3n) is 5.11. The number of carbonyl (C=O) groups excluding carboxylic acids is 1. The van der Waals surface area contributed by atoms with Crippen LogP contribution in [0.4, 0.5) is 5.69 Å². The number of nitrogens with zero attached hydrogens (tertiary/aromatic N) is 2. The molecule has 1 amide bonds. The second kappa shape index (κ2) is 5.51. The predicted molar refractivity (Wildman–Crippen MR) is 82.4 cm³/mol. The predicted octanol–water partition coefficient (Wildman–Crippen LogP) is 2.87. The lowest BCUT2D eigenvalue weighted by atomic mass is 9.90. The highest BCUT2D eigenvalue weighted by Gasteiger charge is 2.64. The van der Waals surface area contributed by atoms with Crippen molar-refractivity contribution >= 4 is 17.8 Å². The van der Waals surface area contributed by atoms with Crippen LogP contribution in [0, 0.1) is 27.4 Å². The van der Waals surface area contributed by atoms with Crippen molar-refractivity contribution in [3.05, 3.63) is 39.9 Å². The Morgan fingerprint density at radius 2 is 2.14 bits per heavy atom. The number of fused-ring (bicyclic) bond motifs is 1. The van der Waals surface area contributed by atoms with Crippen LogP contribution in [0.5, 0.6) is 0 Å². The van der Waals surface area contributed by atoms with Gasteiger partial charge in [-0.1, -0.05) is 19.8 Å². The topological polar surface area (TPSA) is 84.6 Å². The average Bonchev–Trinajstić information content (AvgIpc) is 3.13. The highest BCUT2D eigenvalue weighted by Crippen LogP contribution is 2.66. The highest BCUT2D eigenvalue weighted by molar-refractivity contribution is 5.86. The van der Waals surface area contributed by atoms with Crippen molar-refractivity contribution in [3.8, 4) is 0 Å². The molecule has 0 bridgehead atoms. The standard InChI is InChI=1S/C16H19N3O3/c1-16-9-3-2-4-13(16)14(16)15(20)18-17-10-11-5-7-12(8-6-11)19(21)22/h5-8,10,13-14H,2-4,9H2,1H3,(H,18,20)/b17-10+. The summed E-state index contributed by atoms with van der Waals surface area (Å²) >= 11 is 0. The maximum Gasteiger partial charge on any atom is 0.269 e. The van der Waals surface area contributed by atoms with Gasteiger partial charge in [-0.3, -0.25) is 14.9 Å². The fourth-order valence-electron chi connectivity index (χ4n) is 3.77. The van der Waals surface area contributed by atoms with Crippen molar-refractivity contribution < 1.29 is 9.72 Å². The van der Waals surface area contributed by atoms with Crippen LogP contribution in [-0.2, 0) is 4.79 Å². The first kappa shape index (κ1) is 14.7. The molecule has 2 aliphatic rings. The Balaban J connectivity index is 1.56. The Bertz CT molecular complexity index is 626. The maximum absolute atomic E-state index is 12.2. The van der Waals surface area contributed by atoms with Gasteiger partial charge in [0.15, 0.2) is 0 Å². The molecule has 2 saturated carbocycles. The monoisotopic (exact) mass is 301 g/mol. The normalized spacial score (nSPS) is 29.9. The van der Waals surface area contributed by atoms with E-state index >= 15 is 0 Å². The second-order valence-corrected chi connectivity index (χ2v) is 6.42. The molecular formula is C16H19N3O3. The van der Waals surface area contributed by atoms with Gasteiger partial charge < -0.3 is 0 Å². The molecule has 2 aliphatic carbocycles. The summed E-state index contributed by atoms with van der Waals surface area (Å²) in [4.78, 5) is 22.3. The van der Waals surface area contributed by atoms with E-state index in [0.29, 0.717) is 11.5 Å². The fraction of sp³-hybridized carbons (Fsp3) is 0.500. The minimum Gasteiger partial charge on any atom is -0.273 e. The van der Waals surface area contributed by atoms with Gasteiger partial charge in [-0.2, -0.15) is 5.10 Å². The molecule has 0 aliphatic heterocycles. The zero-order chi connectivity index (χ0) is 15.7. The van der Waals surface area contributed by atoms with Crippen LogP contribution in [0.2, 0.25) is 0 Å². The number of nitrogens with one attached hydrogen (secondary N) is 1. The molecule has 3 unspecified atom stereocenters. The maximum atomic E-state index is 12.2. The van der Waals surface area contributed by atoms with E-state index in [0.717, 1.165) is 12.8 Å². The lowest BCUT2D eigenvalue weighted by molar-refractivity contribution is -0.384. The molecule has 6 nitrogen and oxygen atoms in total. The summed E-state index contributed by atoms with van der Waals surface area (Å²) in [6.45, 7) is 2.20. The molecule has 0 heterocycles. The third-order valence-corrected chi connectivity index (χ3v) is 5.11. The number of hydrazone groups is 1. The van der Waals surface area contributed by atoms with Crippen molar-refractivity contribution in [2.24, 2.45) is 22.4 Å². The molecule has 0 aromatic heterocycles. The van der Waals surface area contributed by atoms with E-state index in [1.54, 1.807) is 12.1 Å². The SMILES string of the molecule is CC12CCCCC1C2C(=O)N/N=C/c1ccc([N+](=O)[O-])cc1. The van der Waals surface area contributed by atoms with Crippen molar-refractivity contribution in [2.45, 2.75) is 32.6 Å². The smallest absolute Gasteiger partial charge is 0.269 e. The third kappa shape index (κ3) is 2.61. The molecule has 116 valence electrons. The second-order valence-electron chi connectivity index (χ2n) is 6.42. The molecule has 6 heteroatoms. The molecule has 0 spiro atoms. The number of non-ortho nitro benzene ring substituents is 1. The van der Waals surface area contributed by atoms with Gasteiger partial charge in [-0.05, 0) is 41.9 Å². The van der Waals surface area contributed by atoms with Gasteiger partial charge in [0.05, 0.1) is 11.1 Å². The Kier molecular flexibility index (Phi) is 3.68. The Labute approximate surface area is 128 Å². The number of hydrogen-bond acceptors (Lipinski definition) is 4. The summed E-state index contributed by atoms with van der Waals surface area (Å²) < 4.78 is 0. The molecule has 3 rings (SSSR count). The molecule has 2 fully saturated rings. The number of amides is 1. The first-order valence-corrected chi connectivity index (χ1v) is 7.60. The van der Waals surface area contributed by atoms with Crippen LogP contribution in [0.15, 0.2) is 29.4 Å². The molecule has 1 aromatic rings. The van der Waals surface area contributed by atoms with Crippen molar-refractivity contribution in [2.75, 3.05) is 0 Å². The van der Waals surface area contributed by atoms with Gasteiger partial charge in [-0.15, -0.1) is 0 Å². The van der Waals surface area contributed by atoms with Gasteiger partial charge in [0, 0.05) is 18.1 Å². The quantitative estimate of drug-likeness (QED) is 0.527. The van der Waals surface area contributed by atoms with Crippen LogP contribution >= 0.6 is 0 Å². The van der Waals surface area contributed by atoms with Crippen LogP contribution in [0.25, 0.3) is 0 Å². The Hall–Kier alpha value is -2.24. The average molecular weight is 301 g/mol. The number of nitro groups is 1. The number of hydrogen-bond donors (Lipinski definition) is 1. The first-order chi connectivity index (χ1) is 10.5. The Morgan fingerprint density at radius 3 is 2.73 bits per heavy atom. The van der Waals surface area contributed by atoms with Gasteiger partial charge in [0.2, 0.25) is 5.91 Å². The van der Waals surface area contributed by atoms with E-state index in [4.69, 9.17) is 0 Å². The lowest BCUT2D eigenvalue weighted by Crippen LogP contribution is -2.22. The summed E-state index contributed by atoms with van der Waals surface area (Å²) in [7, 11) is 0. The van der Waals surface area contributed by atoms with Crippen LogP contribution in [-0.4, -0.2) is 17.0 Å². The van der Waals surface area contributed by atoms with E-state index < -0.39 is 4.92 Å². The Morgan fingerprint density at radius 1 is 1.41 bits per heavy atom. The number of carbonyl (C=O) groups is 1. The zero-order valence-corrected chi connectivity index (χ0v) is 12.5. The molecule has 1 N–H and O–H groups in total. The van der Waals surface area contributed by atoms with Crippen LogP contribution in [0.1, 0.15) is 38.2 Å². The van der Waals surface area contributed by atoms with E-state index in [1.165, 1.54) is 31.2 Å². The number of nitro benzene ring substituents is 1. The molecule has 0 saturated heterocycles. The van der Waals surface area contributed by atoms with Crippen molar-refractivity contribution in [1.29, 1.82) is 0 Å². The van der Waals surface area contributed by atoms with Gasteiger partial charge in [-0.25, -0.2) is 5.43 Å². The van der Waals surface area contributed by atoms with Crippen LogP contribution < -0.4 is 5.43 Å². The van der Waals surface area contributed by atoms with E-state index in [9.17, 15) is 14.9 Å². The van der Waals surface area contributed by atoms with Crippen molar-refractivity contribution in [1.82, 2.24) is 5.43 Å². The summed E-state index contributed by atoms with van der Waals surface area (Å²) in [5.74, 6) is 0.590. The van der Waals surface area contributed by atoms with Gasteiger partial charge in [0.25, 0.3) is 5.69 Å². The summed E-state index contributed by atoms with van der Waals surface area (Å²) in [5, 5.41) is 14.5. The van der Waals surface area contributed by atoms with E-state index in [2.05, 4.69) is 17.5 Å². The highest BCUT2D eigenvalue weighted by atomic mass is 16.6. The van der Waals surface area contributed by atoms with Gasteiger partial charge >= 0.3 is 0 Å². The van der Waals surface area contributed by atoms with E-state index in [-0.39, 0.29) is 22.9 Å². The van der Waals surface area contributed by atoms with E-state index in [1.807, 2.05) is 0 Å². The fourth-order valence-corrected chi connectivity index (χ4v) is 3.77. The minimum absolute atomic E-state index is 0.00689. The van der Waals surface area contributed by atoms with Crippen LogP contribution in [0.3, 0.4) is 0 Å². The first-order valence-electron chi connectivity index (χ1n) is 7.60.